The van der Waals surface area contributed by atoms with Crippen LogP contribution < -0.4 is 16.6 Å². The summed E-state index contributed by atoms with van der Waals surface area (Å²) in [5.74, 6) is 6.57. The summed E-state index contributed by atoms with van der Waals surface area (Å²) in [6, 6.07) is 10.1. The molecule has 0 amide bonds. The Morgan fingerprint density at radius 1 is 1.16 bits per heavy atom. The van der Waals surface area contributed by atoms with Gasteiger partial charge in [-0.3, -0.25) is 5.43 Å². The van der Waals surface area contributed by atoms with Crippen molar-refractivity contribution in [3.05, 3.63) is 41.3 Å². The Labute approximate surface area is 114 Å². The number of para-hydroxylation sites is 1. The molecule has 96 valence electrons. The second-order valence-electron chi connectivity index (χ2n) is 4.12. The van der Waals surface area contributed by atoms with E-state index in [4.69, 9.17) is 5.84 Å². The smallest absolute Gasteiger partial charge is 0.240 e. The predicted molar refractivity (Wildman–Crippen MR) is 79.7 cm³/mol. The zero-order chi connectivity index (χ0) is 13.2. The van der Waals surface area contributed by atoms with Gasteiger partial charge in [-0.05, 0) is 30.0 Å². The van der Waals surface area contributed by atoms with Gasteiger partial charge in [0.05, 0.1) is 5.39 Å². The predicted octanol–water partition coefficient (Wildman–Crippen LogP) is 3.03. The van der Waals surface area contributed by atoms with Gasteiger partial charge in [0.25, 0.3) is 0 Å². The summed E-state index contributed by atoms with van der Waals surface area (Å²) in [4.78, 5) is 9.59. The van der Waals surface area contributed by atoms with Gasteiger partial charge < -0.3 is 5.32 Å². The number of hydrogen-bond donors (Lipinski definition) is 3. The van der Waals surface area contributed by atoms with Crippen LogP contribution in [0.5, 0.6) is 0 Å². The molecule has 19 heavy (non-hydrogen) atoms. The third kappa shape index (κ3) is 2.23. The standard InChI is InChI=1S/C13H13N5S/c1-8-4-2-3-5-10(8)15-11-9-6-7-19-12(9)17-13(16-11)18-14/h2-7H,14H2,1H3,(H2,15,16,17,18). The van der Waals surface area contributed by atoms with Crippen LogP contribution >= 0.6 is 11.3 Å². The lowest BCUT2D eigenvalue weighted by molar-refractivity contribution is 1.16. The van der Waals surface area contributed by atoms with Gasteiger partial charge in [0.1, 0.15) is 10.6 Å². The SMILES string of the molecule is Cc1ccccc1Nc1nc(NN)nc2sccc12. The van der Waals surface area contributed by atoms with Crippen LogP contribution in [0.2, 0.25) is 0 Å². The number of rotatable bonds is 3. The first kappa shape index (κ1) is 11.9. The number of hydrazine groups is 1. The maximum Gasteiger partial charge on any atom is 0.240 e. The Balaban J connectivity index is 2.09. The highest BCUT2D eigenvalue weighted by Gasteiger charge is 2.09. The van der Waals surface area contributed by atoms with E-state index >= 15 is 0 Å². The van der Waals surface area contributed by atoms with E-state index in [2.05, 4.69) is 33.7 Å². The summed E-state index contributed by atoms with van der Waals surface area (Å²) in [7, 11) is 0. The number of nitrogen functional groups attached to an aromatic ring is 1. The summed E-state index contributed by atoms with van der Waals surface area (Å²) < 4.78 is 0. The molecule has 6 heteroatoms. The molecule has 1 aromatic carbocycles. The molecule has 0 fully saturated rings. The molecule has 2 heterocycles. The van der Waals surface area contributed by atoms with Crippen LogP contribution in [-0.2, 0) is 0 Å². The highest BCUT2D eigenvalue weighted by molar-refractivity contribution is 7.16. The number of benzene rings is 1. The number of nitrogens with one attached hydrogen (secondary N) is 2. The molecule has 0 spiro atoms. The highest BCUT2D eigenvalue weighted by atomic mass is 32.1. The number of nitrogens with two attached hydrogens (primary N) is 1. The van der Waals surface area contributed by atoms with Gasteiger partial charge in [0.2, 0.25) is 5.95 Å². The minimum absolute atomic E-state index is 0.408. The lowest BCUT2D eigenvalue weighted by Crippen LogP contribution is -2.11. The molecule has 0 radical (unpaired) electrons. The molecule has 5 nitrogen and oxygen atoms in total. The highest BCUT2D eigenvalue weighted by Crippen LogP contribution is 2.29. The molecule has 0 saturated heterocycles. The number of thiophene rings is 1. The van der Waals surface area contributed by atoms with Crippen molar-refractivity contribution in [1.82, 2.24) is 9.97 Å². The van der Waals surface area contributed by atoms with Gasteiger partial charge in [0.15, 0.2) is 0 Å². The molecule has 0 aliphatic heterocycles. The van der Waals surface area contributed by atoms with E-state index in [0.29, 0.717) is 5.95 Å². The van der Waals surface area contributed by atoms with Crippen molar-refractivity contribution in [3.8, 4) is 0 Å². The Morgan fingerprint density at radius 3 is 2.79 bits per heavy atom. The van der Waals surface area contributed by atoms with Crippen molar-refractivity contribution < 1.29 is 0 Å². The van der Waals surface area contributed by atoms with Crippen LogP contribution in [0, 0.1) is 6.92 Å². The normalized spacial score (nSPS) is 10.6. The minimum Gasteiger partial charge on any atom is -0.339 e. The zero-order valence-electron chi connectivity index (χ0n) is 10.3. The molecular formula is C13H13N5S. The van der Waals surface area contributed by atoms with E-state index in [1.165, 1.54) is 0 Å². The molecule has 0 aliphatic carbocycles. The number of nitrogens with zero attached hydrogens (tertiary/aromatic N) is 2. The summed E-state index contributed by atoms with van der Waals surface area (Å²) in [5, 5.41) is 6.32. The Morgan fingerprint density at radius 2 is 2.00 bits per heavy atom. The van der Waals surface area contributed by atoms with Gasteiger partial charge in [-0.25, -0.2) is 10.8 Å². The Hall–Kier alpha value is -2.18. The fraction of sp³-hybridized carbons (Fsp3) is 0.0769. The fourth-order valence-electron chi connectivity index (χ4n) is 1.86. The minimum atomic E-state index is 0.408. The van der Waals surface area contributed by atoms with Crippen molar-refractivity contribution in [3.63, 3.8) is 0 Å². The molecule has 0 saturated carbocycles. The Kier molecular flexibility index (Phi) is 3.02. The van der Waals surface area contributed by atoms with E-state index < -0.39 is 0 Å². The van der Waals surface area contributed by atoms with Crippen molar-refractivity contribution >= 4 is 39.0 Å². The number of anilines is 3. The molecular weight excluding hydrogens is 258 g/mol. The lowest BCUT2D eigenvalue weighted by atomic mass is 10.2. The van der Waals surface area contributed by atoms with E-state index in [0.717, 1.165) is 27.3 Å². The van der Waals surface area contributed by atoms with Crippen LogP contribution in [0.25, 0.3) is 10.2 Å². The van der Waals surface area contributed by atoms with Gasteiger partial charge in [-0.1, -0.05) is 18.2 Å². The van der Waals surface area contributed by atoms with Gasteiger partial charge in [0, 0.05) is 5.69 Å². The van der Waals surface area contributed by atoms with Crippen molar-refractivity contribution in [2.75, 3.05) is 10.7 Å². The third-order valence-electron chi connectivity index (χ3n) is 2.85. The van der Waals surface area contributed by atoms with E-state index in [9.17, 15) is 0 Å². The van der Waals surface area contributed by atoms with Crippen LogP contribution in [0.3, 0.4) is 0 Å². The number of fused-ring (bicyclic) bond motifs is 1. The quantitative estimate of drug-likeness (QED) is 0.504. The summed E-state index contributed by atoms with van der Waals surface area (Å²) >= 11 is 1.56. The maximum atomic E-state index is 5.40. The molecule has 4 N–H and O–H groups in total. The van der Waals surface area contributed by atoms with Crippen LogP contribution in [0.15, 0.2) is 35.7 Å². The largest absolute Gasteiger partial charge is 0.339 e. The summed E-state index contributed by atoms with van der Waals surface area (Å²) in [6.07, 6.45) is 0. The van der Waals surface area contributed by atoms with Crippen molar-refractivity contribution in [1.29, 1.82) is 0 Å². The number of aryl methyl sites for hydroxylation is 1. The first-order chi connectivity index (χ1) is 9.28. The molecule has 0 aliphatic rings. The van der Waals surface area contributed by atoms with E-state index in [1.54, 1.807) is 11.3 Å². The second-order valence-corrected chi connectivity index (χ2v) is 5.01. The third-order valence-corrected chi connectivity index (χ3v) is 3.66. The van der Waals surface area contributed by atoms with Crippen LogP contribution in [0.1, 0.15) is 5.56 Å². The maximum absolute atomic E-state index is 5.40. The monoisotopic (exact) mass is 271 g/mol. The van der Waals surface area contributed by atoms with Gasteiger partial charge in [-0.2, -0.15) is 4.98 Å². The average Bonchev–Trinajstić information content (AvgIpc) is 2.89. The topological polar surface area (TPSA) is 75.9 Å². The molecule has 3 aromatic rings. The lowest BCUT2D eigenvalue weighted by Gasteiger charge is -2.10. The number of hydrogen-bond acceptors (Lipinski definition) is 6. The first-order valence-electron chi connectivity index (χ1n) is 5.82. The second kappa shape index (κ2) is 4.83. The first-order valence-corrected chi connectivity index (χ1v) is 6.70. The average molecular weight is 271 g/mol. The van der Waals surface area contributed by atoms with Crippen LogP contribution in [0.4, 0.5) is 17.5 Å². The molecule has 3 rings (SSSR count). The van der Waals surface area contributed by atoms with Crippen molar-refractivity contribution in [2.45, 2.75) is 6.92 Å². The van der Waals surface area contributed by atoms with Gasteiger partial charge >= 0.3 is 0 Å². The molecule has 2 aromatic heterocycles. The van der Waals surface area contributed by atoms with Crippen molar-refractivity contribution in [2.24, 2.45) is 5.84 Å². The molecule has 0 unspecified atom stereocenters. The van der Waals surface area contributed by atoms with Crippen LogP contribution in [-0.4, -0.2) is 9.97 Å². The molecule has 0 atom stereocenters. The zero-order valence-corrected chi connectivity index (χ0v) is 11.2. The number of aromatic nitrogens is 2. The fourth-order valence-corrected chi connectivity index (χ4v) is 2.62. The molecule has 0 bridgehead atoms. The summed E-state index contributed by atoms with van der Waals surface area (Å²) in [6.45, 7) is 2.05. The van der Waals surface area contributed by atoms with E-state index in [-0.39, 0.29) is 0 Å². The van der Waals surface area contributed by atoms with Gasteiger partial charge in [-0.15, -0.1) is 11.3 Å². The summed E-state index contributed by atoms with van der Waals surface area (Å²) in [5.41, 5.74) is 4.68. The van der Waals surface area contributed by atoms with E-state index in [1.807, 2.05) is 29.6 Å². The Bertz CT molecular complexity index is 722.